The molecule has 0 fully saturated rings. The maximum absolute atomic E-state index is 10.9. The number of halogens is 2. The van der Waals surface area contributed by atoms with Gasteiger partial charge in [-0.15, -0.1) is 0 Å². The second kappa shape index (κ2) is 1.60. The molecule has 0 spiro atoms. The van der Waals surface area contributed by atoms with Gasteiger partial charge in [-0.1, -0.05) is 0 Å². The molecule has 0 saturated heterocycles. The van der Waals surface area contributed by atoms with E-state index in [1.54, 1.807) is 0 Å². The Kier molecular flexibility index (Phi) is 1.59. The van der Waals surface area contributed by atoms with Crippen LogP contribution in [0.15, 0.2) is 11.4 Å². The molecule has 0 aromatic heterocycles. The predicted octanol–water partition coefficient (Wildman–Crippen LogP) is 1.02. The van der Waals surface area contributed by atoms with Crippen molar-refractivity contribution in [3.8, 4) is 0 Å². The summed E-state index contributed by atoms with van der Waals surface area (Å²) < 4.78 is 31.1. The molecular weight excluding hydrogens is 153 g/mol. The average Bonchev–Trinajstić information content (AvgIpc) is 1.35. The van der Waals surface area contributed by atoms with Crippen molar-refractivity contribution in [1.82, 2.24) is 0 Å². The van der Waals surface area contributed by atoms with E-state index in [9.17, 15) is 10.7 Å². The zero-order chi connectivity index (χ0) is 5.21. The van der Waals surface area contributed by atoms with Gasteiger partial charge in [0.05, 0.1) is 0 Å². The number of hydrogen-bond acceptors (Lipinski definition) is 1. The summed E-state index contributed by atoms with van der Waals surface area (Å²) in [7, 11) is 0. The Morgan fingerprint density at radius 1 is 1.67 bits per heavy atom. The van der Waals surface area contributed by atoms with Crippen LogP contribution in [0.4, 0.5) is 6.93 Å². The third kappa shape index (κ3) is 3.96. The van der Waals surface area contributed by atoms with Gasteiger partial charge in [0.15, 0.2) is 0 Å². The topological polar surface area (TPSA) is 17.1 Å². The predicted molar refractivity (Wildman–Crippen MR) is 18.9 cm³/mol. The molecule has 36 valence electrons. The summed E-state index contributed by atoms with van der Waals surface area (Å²) in [5.41, 5.74) is 0. The Labute approximate surface area is 37.3 Å². The van der Waals surface area contributed by atoms with Gasteiger partial charge in [-0.05, 0) is 0 Å². The van der Waals surface area contributed by atoms with Gasteiger partial charge in [-0.25, -0.2) is 0 Å². The molecule has 0 aromatic carbocycles. The van der Waals surface area contributed by atoms with Crippen molar-refractivity contribution in [2.45, 2.75) is 0 Å². The molecular formula is C2H3AsF2O. The molecule has 0 aliphatic heterocycles. The first-order valence-electron chi connectivity index (χ1n) is 1.19. The fraction of sp³-hybridized carbons (Fsp3) is 0. The van der Waals surface area contributed by atoms with E-state index >= 15 is 0 Å². The van der Waals surface area contributed by atoms with Crippen LogP contribution in [0.5, 0.6) is 0 Å². The van der Waals surface area contributed by atoms with Crippen LogP contribution >= 0.6 is 0 Å². The van der Waals surface area contributed by atoms with Gasteiger partial charge < -0.3 is 0 Å². The summed E-state index contributed by atoms with van der Waals surface area (Å²) in [6, 6.07) is 0. The van der Waals surface area contributed by atoms with Crippen molar-refractivity contribution >= 4 is 14.4 Å². The molecule has 0 atom stereocenters. The summed E-state index contributed by atoms with van der Waals surface area (Å²) in [4.78, 5) is 0.220. The second-order valence-electron chi connectivity index (χ2n) is 0.685. The molecule has 1 nitrogen and oxygen atoms in total. The maximum atomic E-state index is 10.9. The van der Waals surface area contributed by atoms with E-state index in [1.807, 2.05) is 0 Å². The van der Waals surface area contributed by atoms with Gasteiger partial charge >= 0.3 is 36.5 Å². The van der Waals surface area contributed by atoms with E-state index in [0.717, 1.165) is 0 Å². The first-order valence-corrected chi connectivity index (χ1v) is 4.46. The molecule has 0 saturated carbocycles. The van der Waals surface area contributed by atoms with Gasteiger partial charge in [0, 0.05) is 0 Å². The molecule has 6 heavy (non-hydrogen) atoms. The van der Waals surface area contributed by atoms with Crippen molar-refractivity contribution in [3.05, 3.63) is 11.4 Å². The zero-order valence-corrected chi connectivity index (χ0v) is 4.77. The van der Waals surface area contributed by atoms with E-state index in [2.05, 4.69) is 6.58 Å². The van der Waals surface area contributed by atoms with Crippen molar-refractivity contribution in [2.24, 2.45) is 0 Å². The molecule has 0 aliphatic rings. The van der Waals surface area contributed by atoms with Crippen molar-refractivity contribution < 1.29 is 10.7 Å². The summed E-state index contributed by atoms with van der Waals surface area (Å²) in [5.74, 6) is 0. The quantitative estimate of drug-likeness (QED) is 0.518. The minimum absolute atomic E-state index is 0.220. The fourth-order valence-electron chi connectivity index (χ4n) is 0. The molecule has 0 rings (SSSR count). The average molecular weight is 156 g/mol. The molecule has 0 radical (unpaired) electrons. The molecule has 0 unspecified atom stereocenters. The molecule has 0 aromatic rings. The van der Waals surface area contributed by atoms with Gasteiger partial charge in [-0.2, -0.15) is 0 Å². The van der Waals surface area contributed by atoms with Crippen LogP contribution in [0.25, 0.3) is 0 Å². The standard InChI is InChI=1S/C2H3AsF2O/c1-2-3(4,5)6/h2H,1H2. The molecule has 4 heteroatoms. The Morgan fingerprint density at radius 2 is 1.83 bits per heavy atom. The van der Waals surface area contributed by atoms with E-state index in [0.29, 0.717) is 0 Å². The Morgan fingerprint density at radius 3 is 1.83 bits per heavy atom. The summed E-state index contributed by atoms with van der Waals surface area (Å²) in [6.45, 7) is 2.65. The van der Waals surface area contributed by atoms with Crippen molar-refractivity contribution in [2.75, 3.05) is 0 Å². The molecule has 0 bridgehead atoms. The Balaban J connectivity index is 3.81. The number of rotatable bonds is 1. The summed E-state index contributed by atoms with van der Waals surface area (Å²) >= 11 is -5.40. The monoisotopic (exact) mass is 156 g/mol. The van der Waals surface area contributed by atoms with E-state index in [4.69, 9.17) is 0 Å². The van der Waals surface area contributed by atoms with Crippen LogP contribution in [0.2, 0.25) is 0 Å². The third-order valence-corrected chi connectivity index (χ3v) is 1.10. The van der Waals surface area contributed by atoms with Gasteiger partial charge in [0.25, 0.3) is 0 Å². The van der Waals surface area contributed by atoms with Crippen LogP contribution in [-0.2, 0) is 3.74 Å². The Bertz CT molecular complexity index is 93.7. The summed E-state index contributed by atoms with van der Waals surface area (Å²) in [6.07, 6.45) is 0. The van der Waals surface area contributed by atoms with E-state index in [1.165, 1.54) is 0 Å². The second-order valence-corrected chi connectivity index (χ2v) is 3.56. The number of hydrogen-bond donors (Lipinski definition) is 0. The van der Waals surface area contributed by atoms with Crippen molar-refractivity contribution in [1.29, 1.82) is 0 Å². The van der Waals surface area contributed by atoms with E-state index in [-0.39, 0.29) is 4.86 Å². The van der Waals surface area contributed by atoms with E-state index < -0.39 is 14.4 Å². The van der Waals surface area contributed by atoms with Crippen LogP contribution < -0.4 is 0 Å². The SMILES string of the molecule is C=C[As](=O)(F)F. The first-order chi connectivity index (χ1) is 2.56. The molecule has 0 N–H and O–H groups in total. The van der Waals surface area contributed by atoms with Crippen LogP contribution in [0.1, 0.15) is 0 Å². The zero-order valence-electron chi connectivity index (χ0n) is 2.90. The van der Waals surface area contributed by atoms with Gasteiger partial charge in [0.1, 0.15) is 0 Å². The minimum atomic E-state index is -5.40. The Hall–Kier alpha value is -0.0416. The van der Waals surface area contributed by atoms with Crippen LogP contribution in [0.3, 0.4) is 0 Å². The molecule has 0 heterocycles. The first kappa shape index (κ1) is 5.96. The van der Waals surface area contributed by atoms with Crippen molar-refractivity contribution in [3.63, 3.8) is 0 Å². The molecule has 0 aliphatic carbocycles. The fourth-order valence-corrected chi connectivity index (χ4v) is 0. The summed E-state index contributed by atoms with van der Waals surface area (Å²) in [5, 5.41) is 0. The van der Waals surface area contributed by atoms with Gasteiger partial charge in [-0.3, -0.25) is 0 Å². The van der Waals surface area contributed by atoms with Crippen LogP contribution in [-0.4, -0.2) is 14.4 Å². The normalized spacial score (nSPS) is 11.0. The third-order valence-electron chi connectivity index (χ3n) is 0.213. The van der Waals surface area contributed by atoms with Crippen LogP contribution in [0, 0.1) is 0 Å². The van der Waals surface area contributed by atoms with Gasteiger partial charge in [0.2, 0.25) is 0 Å². The molecule has 0 amide bonds.